The highest BCUT2D eigenvalue weighted by atomic mass is 16.7. The number of aliphatic hydroxyl groups is 13. The molecule has 0 aliphatic carbocycles. The molecular weight excluding hydrogens is 1260 g/mol. The molecule has 2 aromatic rings. The van der Waals surface area contributed by atoms with E-state index in [0.717, 1.165) is 4.90 Å². The van der Waals surface area contributed by atoms with Crippen molar-refractivity contribution in [2.75, 3.05) is 39.5 Å². The zero-order valence-electron chi connectivity index (χ0n) is 52.0. The normalized spacial score (nSPS) is 31.8. The van der Waals surface area contributed by atoms with Gasteiger partial charge in [0.25, 0.3) is 0 Å². The number of hydrogen-bond acceptors (Lipinski definition) is 28. The van der Waals surface area contributed by atoms with Crippen LogP contribution in [0.25, 0.3) is 0 Å². The third kappa shape index (κ3) is 18.2. The van der Waals surface area contributed by atoms with Crippen LogP contribution in [0.15, 0.2) is 54.6 Å². The number of ether oxygens (including phenoxy) is 6. The number of carbonyl (C=O) groups excluding carboxylic acids is 6. The number of guanidine groups is 2. The summed E-state index contributed by atoms with van der Waals surface area (Å²) in [6.45, 7) is 1.12. The van der Waals surface area contributed by atoms with Gasteiger partial charge in [0.05, 0.1) is 44.6 Å². The van der Waals surface area contributed by atoms with Gasteiger partial charge in [-0.15, -0.1) is 0 Å². The lowest BCUT2D eigenvalue weighted by Gasteiger charge is -2.46. The van der Waals surface area contributed by atoms with Gasteiger partial charge in [-0.1, -0.05) is 63.2 Å². The molecule has 1 radical (unpaired) electrons. The van der Waals surface area contributed by atoms with Gasteiger partial charge in [-0.05, 0) is 42.0 Å². The van der Waals surface area contributed by atoms with Crippen molar-refractivity contribution < 1.29 is 124 Å². The summed E-state index contributed by atoms with van der Waals surface area (Å²) >= 11 is 0. The van der Waals surface area contributed by atoms with Gasteiger partial charge < -0.3 is 143 Å². The molecule has 529 valence electrons. The zero-order chi connectivity index (χ0) is 69.7. The molecule has 0 bridgehead atoms. The van der Waals surface area contributed by atoms with Crippen LogP contribution in [0, 0.1) is 16.7 Å². The molecule has 25 unspecified atom stereocenters. The number of aliphatic hydroxyl groups excluding tert-OH is 13. The van der Waals surface area contributed by atoms with Crippen molar-refractivity contribution in [3.05, 3.63) is 65.7 Å². The maximum atomic E-state index is 15.0. The van der Waals surface area contributed by atoms with E-state index in [-0.39, 0.29) is 36.2 Å². The molecule has 4 amide bonds. The molecule has 5 heterocycles. The van der Waals surface area contributed by atoms with E-state index >= 15 is 4.79 Å². The first kappa shape index (κ1) is 75.5. The third-order valence-corrected chi connectivity index (χ3v) is 17.1. The Hall–Kier alpha value is -6.92. The molecule has 5 saturated heterocycles. The second-order valence-corrected chi connectivity index (χ2v) is 24.1. The maximum absolute atomic E-state index is 15.0. The monoisotopic (exact) mass is 1350 g/mol. The van der Waals surface area contributed by atoms with E-state index < -0.39 is 227 Å². The van der Waals surface area contributed by atoms with Crippen LogP contribution < -0.4 is 47.7 Å². The van der Waals surface area contributed by atoms with Crippen LogP contribution in [0.2, 0.25) is 0 Å². The highest BCUT2D eigenvalue weighted by Gasteiger charge is 2.55. The predicted octanol–water partition coefficient (Wildman–Crippen LogP) is -9.99. The minimum atomic E-state index is -2.30. The highest BCUT2D eigenvalue weighted by molar-refractivity contribution is 5.96. The van der Waals surface area contributed by atoms with Crippen LogP contribution in [-0.2, 0) is 58.9 Å². The Balaban J connectivity index is 1.15. The quantitative estimate of drug-likeness (QED) is 0.0312. The Kier molecular flexibility index (Phi) is 27.3. The van der Waals surface area contributed by atoms with Crippen LogP contribution in [0.4, 0.5) is 0 Å². The van der Waals surface area contributed by atoms with Gasteiger partial charge in [-0.2, -0.15) is 0 Å². The lowest BCUT2D eigenvalue weighted by molar-refractivity contribution is -0.353. The van der Waals surface area contributed by atoms with Crippen molar-refractivity contribution in [1.29, 1.82) is 10.8 Å². The second-order valence-electron chi connectivity index (χ2n) is 24.1. The Bertz CT molecular complexity index is 2890. The molecule has 24 N–H and O–H groups in total. The Morgan fingerprint density at radius 1 is 0.695 bits per heavy atom. The van der Waals surface area contributed by atoms with Gasteiger partial charge in [0.15, 0.2) is 30.5 Å². The standard InChI is InChI=1S/C59H88N11O25/c1-4-29(26-8-6-5-7-9-26)37(60)52(87)66-30(16-25-11-13-28(14-12-25)90-56-48(85)46(83)49(35(23-75)93-56)95-57-50(94-36(76)15-10-24(2)3)45(82)43(80)34(22-74)92-57)51(86)68-38(40(77)31-17-63-58(61)67-31)54(89)69-39(53(88)65-27(19-71)20-72)41(78)32-18-64-59(62)70(32)55-47(84)44(81)42(79)33(21-73)91-55/h5-9,11-14,24,27,29-35,37-50,55-57,71,73-75,77-85H,4,10,15-19,21-23,60H2,1-3H3,(H2,62,64)(H,65,88)(H,66,87)(H,68,86)(H,69,89)(H3,61,63,67). The number of amides is 4. The molecule has 36 nitrogen and oxygen atoms in total. The predicted molar refractivity (Wildman–Crippen MR) is 323 cm³/mol. The number of nitrogens with one attached hydrogen (secondary N) is 9. The molecule has 36 heteroatoms. The van der Waals surface area contributed by atoms with E-state index in [1.165, 1.54) is 30.6 Å². The minimum absolute atomic E-state index is 0.0598. The SMILES string of the molecule is CCC(c1ccccc1)C(N)C(=O)NC(Cc1ccc(OC2OC(CO)C(OC3OC(CO)C(O)C(O)C3OC(=O)CCC(C)C)C(O)C2O)cc1)C(=O)NC(C(=O)NC(C(=O)NC([C]=O)CO)C(O)C1CNC(=N)N1C1OC(CO)C(O)C(O)C1O)C(O)C1CNC(=N)N1. The van der Waals surface area contributed by atoms with Crippen molar-refractivity contribution in [2.24, 2.45) is 11.7 Å². The van der Waals surface area contributed by atoms with Crippen LogP contribution in [0.5, 0.6) is 5.75 Å². The molecule has 5 aliphatic rings. The van der Waals surface area contributed by atoms with E-state index in [4.69, 9.17) is 45.0 Å². The van der Waals surface area contributed by atoms with Gasteiger partial charge in [0.1, 0.15) is 109 Å². The molecule has 95 heavy (non-hydrogen) atoms. The number of carbonyl (C=O) groups is 5. The first-order valence-corrected chi connectivity index (χ1v) is 30.9. The summed E-state index contributed by atoms with van der Waals surface area (Å²) in [7, 11) is 0. The van der Waals surface area contributed by atoms with E-state index in [1.807, 2.05) is 13.8 Å². The Morgan fingerprint density at radius 3 is 1.89 bits per heavy atom. The lowest BCUT2D eigenvalue weighted by atomic mass is 9.89. The highest BCUT2D eigenvalue weighted by Crippen LogP contribution is 2.33. The fourth-order valence-corrected chi connectivity index (χ4v) is 11.6. The van der Waals surface area contributed by atoms with Gasteiger partial charge in [0, 0.05) is 31.8 Å². The molecular formula is C59H88N11O25. The number of benzene rings is 2. The Labute approximate surface area is 544 Å². The van der Waals surface area contributed by atoms with Gasteiger partial charge >= 0.3 is 5.97 Å². The average Bonchev–Trinajstić information content (AvgIpc) is 1.77. The molecule has 0 saturated carbocycles. The second kappa shape index (κ2) is 34.3. The summed E-state index contributed by atoms with van der Waals surface area (Å²) in [4.78, 5) is 84.0. The molecule has 0 aromatic heterocycles. The zero-order valence-corrected chi connectivity index (χ0v) is 52.0. The molecule has 7 rings (SSSR count). The van der Waals surface area contributed by atoms with E-state index in [9.17, 15) is 90.4 Å². The summed E-state index contributed by atoms with van der Waals surface area (Å²) < 4.78 is 34.5. The number of hydrogen-bond donors (Lipinski definition) is 23. The summed E-state index contributed by atoms with van der Waals surface area (Å²) in [5.41, 5.74) is 7.54. The van der Waals surface area contributed by atoms with Crippen LogP contribution in [0.1, 0.15) is 57.1 Å². The topological polar surface area (TPSA) is 582 Å². The number of rotatable bonds is 31. The number of nitrogens with zero attached hydrogens (tertiary/aromatic N) is 1. The fourth-order valence-electron chi connectivity index (χ4n) is 11.6. The van der Waals surface area contributed by atoms with Gasteiger partial charge in [0.2, 0.25) is 36.2 Å². The summed E-state index contributed by atoms with van der Waals surface area (Å²) in [6.07, 6.45) is -29.5. The van der Waals surface area contributed by atoms with Crippen LogP contribution in [-0.4, -0.2) is 305 Å². The molecule has 25 atom stereocenters. The smallest absolute Gasteiger partial charge is 0.306 e. The first-order valence-electron chi connectivity index (χ1n) is 30.9. The van der Waals surface area contributed by atoms with Crippen LogP contribution >= 0.6 is 0 Å². The number of esters is 1. The van der Waals surface area contributed by atoms with Crippen molar-refractivity contribution in [2.45, 2.75) is 199 Å². The van der Waals surface area contributed by atoms with E-state index in [1.54, 1.807) is 37.3 Å². The molecule has 5 fully saturated rings. The molecule has 2 aromatic carbocycles. The van der Waals surface area contributed by atoms with E-state index in [2.05, 4.69) is 37.2 Å². The van der Waals surface area contributed by atoms with Crippen molar-refractivity contribution in [1.82, 2.24) is 42.1 Å². The van der Waals surface area contributed by atoms with Gasteiger partial charge in [-0.3, -0.25) is 39.6 Å². The van der Waals surface area contributed by atoms with Crippen molar-refractivity contribution in [3.63, 3.8) is 0 Å². The fraction of sp³-hybridized carbons (Fsp3) is 0.661. The first-order chi connectivity index (χ1) is 45.2. The van der Waals surface area contributed by atoms with Crippen molar-refractivity contribution >= 4 is 47.8 Å². The van der Waals surface area contributed by atoms with Crippen LogP contribution in [0.3, 0.4) is 0 Å². The average molecular weight is 1350 g/mol. The summed E-state index contributed by atoms with van der Waals surface area (Å²) in [6, 6.07) is 1.94. The van der Waals surface area contributed by atoms with Gasteiger partial charge in [-0.25, -0.2) is 0 Å². The lowest BCUT2D eigenvalue weighted by Crippen LogP contribution is -2.69. The maximum Gasteiger partial charge on any atom is 0.306 e. The Morgan fingerprint density at radius 2 is 1.29 bits per heavy atom. The summed E-state index contributed by atoms with van der Waals surface area (Å²) in [5, 5.41) is 175. The van der Waals surface area contributed by atoms with E-state index in [0.29, 0.717) is 18.4 Å². The summed E-state index contributed by atoms with van der Waals surface area (Å²) in [5.74, 6) is -7.22. The minimum Gasteiger partial charge on any atom is -0.462 e. The largest absolute Gasteiger partial charge is 0.462 e. The van der Waals surface area contributed by atoms with Crippen molar-refractivity contribution in [3.8, 4) is 5.75 Å². The number of nitrogens with two attached hydrogens (primary N) is 1. The molecule has 5 aliphatic heterocycles. The third-order valence-electron chi connectivity index (χ3n) is 17.1. The molecule has 0 spiro atoms.